The van der Waals surface area contributed by atoms with Crippen LogP contribution < -0.4 is 10.2 Å². The van der Waals surface area contributed by atoms with E-state index < -0.39 is 0 Å². The fourth-order valence-corrected chi connectivity index (χ4v) is 3.40. The zero-order valence-corrected chi connectivity index (χ0v) is 10.0. The number of nitrogens with one attached hydrogen (secondary N) is 1. The molecule has 4 nitrogen and oxygen atoms in total. The lowest BCUT2D eigenvalue weighted by atomic mass is 10.0. The maximum absolute atomic E-state index is 4.81. The van der Waals surface area contributed by atoms with Crippen molar-refractivity contribution in [3.8, 4) is 0 Å². The Labute approximate surface area is 101 Å². The van der Waals surface area contributed by atoms with Crippen LogP contribution in [0.2, 0.25) is 0 Å². The van der Waals surface area contributed by atoms with E-state index in [4.69, 9.17) is 4.98 Å². The van der Waals surface area contributed by atoms with Crippen molar-refractivity contribution < 1.29 is 0 Å². The molecule has 90 valence electrons. The molecule has 0 spiro atoms. The first kappa shape index (κ1) is 9.83. The predicted molar refractivity (Wildman–Crippen MR) is 66.1 cm³/mol. The normalized spacial score (nSPS) is 30.7. The summed E-state index contributed by atoms with van der Waals surface area (Å²) in [6.07, 6.45) is 8.27. The third kappa shape index (κ3) is 1.54. The lowest BCUT2D eigenvalue weighted by Crippen LogP contribution is -2.33. The predicted octanol–water partition coefficient (Wildman–Crippen LogP) is 1.43. The highest BCUT2D eigenvalue weighted by molar-refractivity contribution is 5.37. The van der Waals surface area contributed by atoms with Gasteiger partial charge in [-0.2, -0.15) is 0 Å². The first-order valence-corrected chi connectivity index (χ1v) is 6.77. The second-order valence-corrected chi connectivity index (χ2v) is 5.46. The van der Waals surface area contributed by atoms with E-state index in [-0.39, 0.29) is 0 Å². The van der Waals surface area contributed by atoms with Crippen LogP contribution in [0, 0.1) is 0 Å². The second-order valence-electron chi connectivity index (χ2n) is 5.46. The first-order valence-electron chi connectivity index (χ1n) is 6.77. The molecular weight excluding hydrogens is 212 g/mol. The van der Waals surface area contributed by atoms with Gasteiger partial charge in [-0.25, -0.2) is 9.97 Å². The molecule has 0 aliphatic carbocycles. The average Bonchev–Trinajstić information content (AvgIpc) is 2.99. The van der Waals surface area contributed by atoms with E-state index in [0.29, 0.717) is 12.1 Å². The van der Waals surface area contributed by atoms with Crippen LogP contribution in [0.25, 0.3) is 0 Å². The van der Waals surface area contributed by atoms with Crippen molar-refractivity contribution in [2.45, 2.75) is 44.2 Å². The van der Waals surface area contributed by atoms with E-state index in [2.05, 4.69) is 21.4 Å². The molecule has 0 radical (unpaired) electrons. The van der Waals surface area contributed by atoms with Crippen LogP contribution in [0.15, 0.2) is 6.20 Å². The van der Waals surface area contributed by atoms with Crippen LogP contribution in [-0.2, 0) is 6.42 Å². The van der Waals surface area contributed by atoms with E-state index in [1.54, 1.807) is 0 Å². The van der Waals surface area contributed by atoms with Gasteiger partial charge in [-0.05, 0) is 25.7 Å². The molecule has 3 aliphatic rings. The van der Waals surface area contributed by atoms with Crippen LogP contribution in [0.3, 0.4) is 0 Å². The lowest BCUT2D eigenvalue weighted by Gasteiger charge is -2.25. The minimum Gasteiger partial charge on any atom is -0.341 e. The Balaban J connectivity index is 1.70. The Bertz CT molecular complexity index is 439. The van der Waals surface area contributed by atoms with Gasteiger partial charge in [-0.3, -0.25) is 0 Å². The Morgan fingerprint density at radius 3 is 3.00 bits per heavy atom. The summed E-state index contributed by atoms with van der Waals surface area (Å²) in [5, 5.41) is 3.64. The zero-order valence-electron chi connectivity index (χ0n) is 10.0. The number of hydrogen-bond donors (Lipinski definition) is 1. The molecule has 2 bridgehead atoms. The number of aromatic nitrogens is 2. The van der Waals surface area contributed by atoms with Crippen molar-refractivity contribution >= 4 is 5.95 Å². The second kappa shape index (κ2) is 3.67. The molecule has 17 heavy (non-hydrogen) atoms. The van der Waals surface area contributed by atoms with Gasteiger partial charge in [0.15, 0.2) is 0 Å². The van der Waals surface area contributed by atoms with Crippen LogP contribution in [0.4, 0.5) is 5.95 Å². The monoisotopic (exact) mass is 230 g/mol. The maximum Gasteiger partial charge on any atom is 0.225 e. The minimum atomic E-state index is 0.524. The van der Waals surface area contributed by atoms with E-state index in [0.717, 1.165) is 25.5 Å². The molecule has 3 aliphatic heterocycles. The van der Waals surface area contributed by atoms with Crippen LogP contribution >= 0.6 is 0 Å². The smallest absolute Gasteiger partial charge is 0.225 e. The van der Waals surface area contributed by atoms with E-state index in [1.807, 2.05) is 0 Å². The van der Waals surface area contributed by atoms with Crippen LogP contribution in [0.5, 0.6) is 0 Å². The Hall–Kier alpha value is -1.16. The average molecular weight is 230 g/mol. The molecule has 0 aromatic carbocycles. The summed E-state index contributed by atoms with van der Waals surface area (Å²) in [7, 11) is 0. The molecule has 2 atom stereocenters. The highest BCUT2D eigenvalue weighted by Crippen LogP contribution is 2.35. The number of anilines is 1. The third-order valence-electron chi connectivity index (χ3n) is 4.33. The molecule has 0 saturated carbocycles. The largest absolute Gasteiger partial charge is 0.341 e. The molecule has 0 amide bonds. The van der Waals surface area contributed by atoms with Gasteiger partial charge in [0.1, 0.15) is 0 Å². The molecule has 2 saturated heterocycles. The number of rotatable bonds is 1. The molecule has 1 aromatic heterocycles. The summed E-state index contributed by atoms with van der Waals surface area (Å²) < 4.78 is 0. The topological polar surface area (TPSA) is 41.1 Å². The van der Waals surface area contributed by atoms with Crippen LogP contribution in [-0.4, -0.2) is 29.1 Å². The summed E-state index contributed by atoms with van der Waals surface area (Å²) in [6.45, 7) is 2.26. The van der Waals surface area contributed by atoms with E-state index in [9.17, 15) is 0 Å². The van der Waals surface area contributed by atoms with Crippen molar-refractivity contribution in [3.05, 3.63) is 17.5 Å². The SMILES string of the molecule is c1nc(N2CCCC2)nc2c1[C@H]1CC[C@@H](C2)N1. The van der Waals surface area contributed by atoms with Crippen molar-refractivity contribution in [2.75, 3.05) is 18.0 Å². The highest BCUT2D eigenvalue weighted by atomic mass is 15.3. The van der Waals surface area contributed by atoms with Gasteiger partial charge in [0, 0.05) is 43.4 Å². The molecule has 4 rings (SSSR count). The fraction of sp³-hybridized carbons (Fsp3) is 0.692. The van der Waals surface area contributed by atoms with Crippen molar-refractivity contribution in [1.82, 2.24) is 15.3 Å². The summed E-state index contributed by atoms with van der Waals surface area (Å²) in [6, 6.07) is 1.19. The van der Waals surface area contributed by atoms with Gasteiger partial charge in [0.05, 0.1) is 5.69 Å². The maximum atomic E-state index is 4.81. The molecule has 1 N–H and O–H groups in total. The Morgan fingerprint density at radius 2 is 2.12 bits per heavy atom. The number of fused-ring (bicyclic) bond motifs is 4. The molecule has 4 heterocycles. The molecule has 4 heteroatoms. The zero-order chi connectivity index (χ0) is 11.2. The molecule has 0 unspecified atom stereocenters. The van der Waals surface area contributed by atoms with Gasteiger partial charge in [0.25, 0.3) is 0 Å². The number of hydrogen-bond acceptors (Lipinski definition) is 4. The standard InChI is InChI=1S/C13H18N4/c1-2-6-17(5-1)13-14-8-10-11-4-3-9(15-11)7-12(10)16-13/h8-9,11,15H,1-7H2/t9-,11+/m0/s1. The lowest BCUT2D eigenvalue weighted by molar-refractivity contribution is 0.504. The Kier molecular flexibility index (Phi) is 2.12. The van der Waals surface area contributed by atoms with Gasteiger partial charge in [-0.1, -0.05) is 0 Å². The molecule has 1 aromatic rings. The summed E-state index contributed by atoms with van der Waals surface area (Å²) in [5.41, 5.74) is 2.65. The fourth-order valence-electron chi connectivity index (χ4n) is 3.40. The van der Waals surface area contributed by atoms with Crippen LogP contribution in [0.1, 0.15) is 43.0 Å². The van der Waals surface area contributed by atoms with Gasteiger partial charge < -0.3 is 10.2 Å². The first-order chi connectivity index (χ1) is 8.40. The molecule has 2 fully saturated rings. The van der Waals surface area contributed by atoms with Gasteiger partial charge in [0.2, 0.25) is 5.95 Å². The van der Waals surface area contributed by atoms with Crippen molar-refractivity contribution in [1.29, 1.82) is 0 Å². The van der Waals surface area contributed by atoms with Gasteiger partial charge in [-0.15, -0.1) is 0 Å². The quantitative estimate of drug-likeness (QED) is 0.792. The Morgan fingerprint density at radius 1 is 1.24 bits per heavy atom. The van der Waals surface area contributed by atoms with Gasteiger partial charge >= 0.3 is 0 Å². The summed E-state index contributed by atoms with van der Waals surface area (Å²) in [4.78, 5) is 11.7. The van der Waals surface area contributed by atoms with Crippen molar-refractivity contribution in [2.24, 2.45) is 0 Å². The molecular formula is C13H18N4. The summed E-state index contributed by atoms with van der Waals surface area (Å²) >= 11 is 0. The van der Waals surface area contributed by atoms with E-state index >= 15 is 0 Å². The minimum absolute atomic E-state index is 0.524. The highest BCUT2D eigenvalue weighted by Gasteiger charge is 2.33. The summed E-state index contributed by atoms with van der Waals surface area (Å²) in [5.74, 6) is 0.961. The number of nitrogens with zero attached hydrogens (tertiary/aromatic N) is 3. The van der Waals surface area contributed by atoms with Crippen molar-refractivity contribution in [3.63, 3.8) is 0 Å². The third-order valence-corrected chi connectivity index (χ3v) is 4.33. The van der Waals surface area contributed by atoms with E-state index in [1.165, 1.54) is 36.9 Å².